The Morgan fingerprint density at radius 3 is 1.50 bits per heavy atom. The molecule has 0 aliphatic carbocycles. The lowest BCUT2D eigenvalue weighted by molar-refractivity contribution is 0.488. The molecule has 0 fully saturated rings. The van der Waals surface area contributed by atoms with Gasteiger partial charge < -0.3 is 0 Å². The zero-order chi connectivity index (χ0) is 22.8. The van der Waals surface area contributed by atoms with E-state index in [1.165, 1.54) is 48.8 Å². The van der Waals surface area contributed by atoms with Gasteiger partial charge in [0.15, 0.2) is 11.6 Å². The van der Waals surface area contributed by atoms with Gasteiger partial charge in [-0.2, -0.15) is 0 Å². The van der Waals surface area contributed by atoms with Crippen LogP contribution in [0.4, 0.5) is 8.78 Å². The Morgan fingerprint density at radius 1 is 0.469 bits per heavy atom. The summed E-state index contributed by atoms with van der Waals surface area (Å²) in [5, 5.41) is 0. The summed E-state index contributed by atoms with van der Waals surface area (Å²) in [6, 6.07) is 20.8. The molecule has 0 N–H and O–H groups in total. The summed E-state index contributed by atoms with van der Waals surface area (Å²) >= 11 is 0. The van der Waals surface area contributed by atoms with E-state index in [-0.39, 0.29) is 0 Å². The van der Waals surface area contributed by atoms with Gasteiger partial charge in [0.1, 0.15) is 0 Å². The molecule has 0 bridgehead atoms. The van der Waals surface area contributed by atoms with Crippen LogP contribution in [0.5, 0.6) is 0 Å². The van der Waals surface area contributed by atoms with Crippen molar-refractivity contribution in [1.82, 2.24) is 0 Å². The maximum atomic E-state index is 14.4. The van der Waals surface area contributed by atoms with E-state index in [1.807, 2.05) is 6.92 Å². The van der Waals surface area contributed by atoms with Gasteiger partial charge in [0, 0.05) is 0 Å². The minimum absolute atomic E-state index is 0.455. The van der Waals surface area contributed by atoms with Gasteiger partial charge in [-0.15, -0.1) is 0 Å². The molecule has 0 heterocycles. The molecule has 32 heavy (non-hydrogen) atoms. The Hall–Kier alpha value is -2.48. The molecule has 3 aromatic rings. The van der Waals surface area contributed by atoms with Gasteiger partial charge in [-0.3, -0.25) is 0 Å². The normalized spacial score (nSPS) is 11.1. The summed E-state index contributed by atoms with van der Waals surface area (Å²) in [6.45, 7) is 4.22. The molecule has 0 saturated carbocycles. The van der Waals surface area contributed by atoms with Crippen molar-refractivity contribution in [3.8, 4) is 11.1 Å². The number of hydrogen-bond acceptors (Lipinski definition) is 0. The first-order valence-electron chi connectivity index (χ1n) is 12.3. The Bertz CT molecular complexity index is 955. The van der Waals surface area contributed by atoms with Crippen molar-refractivity contribution in [3.63, 3.8) is 0 Å². The molecule has 0 saturated heterocycles. The van der Waals surface area contributed by atoms with E-state index in [0.29, 0.717) is 30.4 Å². The van der Waals surface area contributed by atoms with E-state index in [0.717, 1.165) is 18.4 Å². The van der Waals surface area contributed by atoms with Crippen LogP contribution in [0, 0.1) is 11.6 Å². The Labute approximate surface area is 192 Å². The van der Waals surface area contributed by atoms with Crippen LogP contribution < -0.4 is 0 Å². The number of rotatable bonds is 12. The van der Waals surface area contributed by atoms with Crippen molar-refractivity contribution in [2.24, 2.45) is 0 Å². The minimum atomic E-state index is -0.682. The van der Waals surface area contributed by atoms with Crippen molar-refractivity contribution >= 4 is 0 Å². The summed E-state index contributed by atoms with van der Waals surface area (Å²) in [4.78, 5) is 0. The van der Waals surface area contributed by atoms with E-state index in [4.69, 9.17) is 0 Å². The molecular weight excluding hydrogens is 398 g/mol. The largest absolute Gasteiger partial charge is 0.203 e. The molecule has 0 unspecified atom stereocenters. The first-order valence-corrected chi connectivity index (χ1v) is 12.3. The van der Waals surface area contributed by atoms with E-state index in [2.05, 4.69) is 55.5 Å². The zero-order valence-corrected chi connectivity index (χ0v) is 19.6. The third-order valence-electron chi connectivity index (χ3n) is 6.25. The monoisotopic (exact) mass is 434 g/mol. The fraction of sp³-hybridized carbons (Fsp3) is 0.400. The molecule has 3 aromatic carbocycles. The lowest BCUT2D eigenvalue weighted by Crippen LogP contribution is -2.01. The van der Waals surface area contributed by atoms with Crippen LogP contribution in [0.1, 0.15) is 74.6 Å². The van der Waals surface area contributed by atoms with Gasteiger partial charge in [-0.1, -0.05) is 107 Å². The fourth-order valence-electron chi connectivity index (χ4n) is 4.22. The fourth-order valence-corrected chi connectivity index (χ4v) is 4.22. The van der Waals surface area contributed by atoms with E-state index < -0.39 is 11.6 Å². The number of hydrogen-bond donors (Lipinski definition) is 0. The minimum Gasteiger partial charge on any atom is -0.203 e. The van der Waals surface area contributed by atoms with Gasteiger partial charge >= 0.3 is 0 Å². The molecule has 170 valence electrons. The van der Waals surface area contributed by atoms with Crippen LogP contribution in [0.15, 0.2) is 60.7 Å². The van der Waals surface area contributed by atoms with Gasteiger partial charge in [-0.25, -0.2) is 8.78 Å². The first-order chi connectivity index (χ1) is 15.6. The Morgan fingerprint density at radius 2 is 0.969 bits per heavy atom. The van der Waals surface area contributed by atoms with Gasteiger partial charge in [0.25, 0.3) is 0 Å². The second kappa shape index (κ2) is 12.5. The second-order valence-corrected chi connectivity index (χ2v) is 8.82. The van der Waals surface area contributed by atoms with Crippen LogP contribution in [0.2, 0.25) is 0 Å². The van der Waals surface area contributed by atoms with E-state index in [9.17, 15) is 8.78 Å². The van der Waals surface area contributed by atoms with Crippen molar-refractivity contribution in [3.05, 3.63) is 94.6 Å². The highest BCUT2D eigenvalue weighted by molar-refractivity contribution is 5.64. The summed E-state index contributed by atoms with van der Waals surface area (Å²) in [5.41, 5.74) is 5.86. The average Bonchev–Trinajstić information content (AvgIpc) is 2.82. The third kappa shape index (κ3) is 6.76. The quantitative estimate of drug-likeness (QED) is 0.250. The molecule has 3 rings (SSSR count). The summed E-state index contributed by atoms with van der Waals surface area (Å²) < 4.78 is 28.6. The molecule has 0 aromatic heterocycles. The SMILES string of the molecule is CCCCCCCc1ccc(-c2ccc(CCc3ccc(CCC)c(F)c3F)cc2)cc1. The molecule has 0 nitrogen and oxygen atoms in total. The number of aryl methyl sites for hydroxylation is 4. The number of halogens is 2. The van der Waals surface area contributed by atoms with Crippen LogP contribution >= 0.6 is 0 Å². The maximum absolute atomic E-state index is 14.4. The zero-order valence-electron chi connectivity index (χ0n) is 19.6. The lowest BCUT2D eigenvalue weighted by atomic mass is 9.98. The number of unbranched alkanes of at least 4 members (excludes halogenated alkanes) is 4. The van der Waals surface area contributed by atoms with Gasteiger partial charge in [0.05, 0.1) is 0 Å². The molecule has 0 atom stereocenters. The van der Waals surface area contributed by atoms with Crippen molar-refractivity contribution in [2.75, 3.05) is 0 Å². The topological polar surface area (TPSA) is 0 Å². The van der Waals surface area contributed by atoms with Crippen LogP contribution in [-0.4, -0.2) is 0 Å². The smallest absolute Gasteiger partial charge is 0.162 e. The highest BCUT2D eigenvalue weighted by Crippen LogP contribution is 2.23. The lowest BCUT2D eigenvalue weighted by Gasteiger charge is -2.09. The molecular formula is C30H36F2. The summed E-state index contributed by atoms with van der Waals surface area (Å²) in [6.07, 6.45) is 10.3. The second-order valence-electron chi connectivity index (χ2n) is 8.82. The molecule has 0 amide bonds. The standard InChI is InChI=1S/C30H36F2/c1-3-5-6-7-8-10-23-11-16-25(17-12-23)26-18-13-24(14-19-26)15-20-28-22-21-27(9-4-2)29(31)30(28)32/h11-14,16-19,21-22H,3-10,15,20H2,1-2H3. The van der Waals surface area contributed by atoms with Crippen molar-refractivity contribution in [1.29, 1.82) is 0 Å². The van der Waals surface area contributed by atoms with Crippen molar-refractivity contribution < 1.29 is 8.78 Å². The molecule has 0 spiro atoms. The molecule has 2 heteroatoms. The summed E-state index contributed by atoms with van der Waals surface area (Å²) in [7, 11) is 0. The van der Waals surface area contributed by atoms with Crippen LogP contribution in [0.25, 0.3) is 11.1 Å². The van der Waals surface area contributed by atoms with Gasteiger partial charge in [-0.05, 0) is 65.5 Å². The Balaban J connectivity index is 1.54. The highest BCUT2D eigenvalue weighted by Gasteiger charge is 2.12. The average molecular weight is 435 g/mol. The molecule has 0 aliphatic heterocycles. The van der Waals surface area contributed by atoms with Crippen LogP contribution in [0.3, 0.4) is 0 Å². The first kappa shape index (κ1) is 24.2. The third-order valence-corrected chi connectivity index (χ3v) is 6.25. The predicted molar refractivity (Wildman–Crippen MR) is 132 cm³/mol. The molecule has 0 radical (unpaired) electrons. The summed E-state index contributed by atoms with van der Waals surface area (Å²) in [5.74, 6) is -1.36. The Kier molecular flexibility index (Phi) is 9.46. The maximum Gasteiger partial charge on any atom is 0.162 e. The van der Waals surface area contributed by atoms with E-state index in [1.54, 1.807) is 12.1 Å². The van der Waals surface area contributed by atoms with Crippen LogP contribution in [-0.2, 0) is 25.7 Å². The predicted octanol–water partition coefficient (Wildman–Crippen LogP) is 8.88. The van der Waals surface area contributed by atoms with Gasteiger partial charge in [0.2, 0.25) is 0 Å². The van der Waals surface area contributed by atoms with Crippen molar-refractivity contribution in [2.45, 2.75) is 78.1 Å². The highest BCUT2D eigenvalue weighted by atomic mass is 19.2. The molecule has 0 aliphatic rings. The number of benzene rings is 3. The van der Waals surface area contributed by atoms with E-state index >= 15 is 0 Å².